The van der Waals surface area contributed by atoms with E-state index < -0.39 is 23.2 Å². The van der Waals surface area contributed by atoms with Gasteiger partial charge in [-0.3, -0.25) is 0 Å². The van der Waals surface area contributed by atoms with Gasteiger partial charge in [0.1, 0.15) is 11.6 Å². The Morgan fingerprint density at radius 3 is 2.16 bits per heavy atom. The van der Waals surface area contributed by atoms with E-state index in [0.717, 1.165) is 24.3 Å². The quantitative estimate of drug-likeness (QED) is 0.700. The molecule has 0 spiro atoms. The van der Waals surface area contributed by atoms with Crippen molar-refractivity contribution in [1.82, 2.24) is 0 Å². The van der Waals surface area contributed by atoms with Crippen LogP contribution in [-0.4, -0.2) is 0 Å². The van der Waals surface area contributed by atoms with Crippen molar-refractivity contribution in [3.8, 4) is 11.5 Å². The van der Waals surface area contributed by atoms with Crippen LogP contribution in [0, 0.1) is 17.5 Å². The molecular formula is C13H7Cl2F3O. The van der Waals surface area contributed by atoms with Crippen LogP contribution in [-0.2, 0) is 5.88 Å². The van der Waals surface area contributed by atoms with E-state index in [9.17, 15) is 13.2 Å². The maximum atomic E-state index is 13.7. The molecule has 0 amide bonds. The average molecular weight is 307 g/mol. The van der Waals surface area contributed by atoms with E-state index in [1.807, 2.05) is 0 Å². The van der Waals surface area contributed by atoms with Crippen molar-refractivity contribution in [2.45, 2.75) is 5.88 Å². The zero-order valence-corrected chi connectivity index (χ0v) is 10.9. The second-order valence-electron chi connectivity index (χ2n) is 3.70. The molecule has 0 unspecified atom stereocenters. The number of alkyl halides is 1. The van der Waals surface area contributed by atoms with Crippen molar-refractivity contribution in [1.29, 1.82) is 0 Å². The maximum Gasteiger partial charge on any atom is 0.198 e. The van der Waals surface area contributed by atoms with Gasteiger partial charge in [-0.15, -0.1) is 11.6 Å². The van der Waals surface area contributed by atoms with E-state index in [0.29, 0.717) is 0 Å². The van der Waals surface area contributed by atoms with E-state index in [1.54, 1.807) is 0 Å². The Bertz CT molecular complexity index is 594. The Morgan fingerprint density at radius 1 is 1.00 bits per heavy atom. The first-order chi connectivity index (χ1) is 9.01. The smallest absolute Gasteiger partial charge is 0.198 e. The zero-order valence-electron chi connectivity index (χ0n) is 9.39. The van der Waals surface area contributed by atoms with Gasteiger partial charge in [0, 0.05) is 5.88 Å². The minimum atomic E-state index is -0.906. The van der Waals surface area contributed by atoms with Gasteiger partial charge in [0.25, 0.3) is 0 Å². The molecule has 0 saturated carbocycles. The second kappa shape index (κ2) is 5.72. The summed E-state index contributed by atoms with van der Waals surface area (Å²) in [4.78, 5) is 0. The van der Waals surface area contributed by atoms with Crippen LogP contribution < -0.4 is 4.74 Å². The monoisotopic (exact) mass is 306 g/mol. The SMILES string of the molecule is Fc1ccc(Oc2c(F)cc(CCl)cc2F)c(Cl)c1. The first-order valence-electron chi connectivity index (χ1n) is 5.18. The van der Waals surface area contributed by atoms with Crippen LogP contribution in [0.3, 0.4) is 0 Å². The maximum absolute atomic E-state index is 13.7. The van der Waals surface area contributed by atoms with Gasteiger partial charge in [-0.2, -0.15) is 0 Å². The van der Waals surface area contributed by atoms with Gasteiger partial charge in [-0.05, 0) is 35.9 Å². The molecule has 6 heteroatoms. The summed E-state index contributed by atoms with van der Waals surface area (Å²) in [5, 5.41) is -0.0831. The van der Waals surface area contributed by atoms with Gasteiger partial charge in [0.05, 0.1) is 5.02 Å². The fourth-order valence-corrected chi connectivity index (χ4v) is 1.82. The van der Waals surface area contributed by atoms with Crippen molar-refractivity contribution >= 4 is 23.2 Å². The molecule has 2 aromatic rings. The molecule has 0 heterocycles. The highest BCUT2D eigenvalue weighted by atomic mass is 35.5. The fraction of sp³-hybridized carbons (Fsp3) is 0.0769. The van der Waals surface area contributed by atoms with Crippen LogP contribution in [0.25, 0.3) is 0 Å². The molecule has 19 heavy (non-hydrogen) atoms. The summed E-state index contributed by atoms with van der Waals surface area (Å²) in [7, 11) is 0. The number of benzene rings is 2. The first kappa shape index (κ1) is 14.0. The summed E-state index contributed by atoms with van der Waals surface area (Å²) < 4.78 is 45.2. The molecule has 2 aromatic carbocycles. The summed E-state index contributed by atoms with van der Waals surface area (Å²) in [6, 6.07) is 5.36. The Morgan fingerprint density at radius 2 is 1.63 bits per heavy atom. The molecule has 100 valence electrons. The molecule has 0 aromatic heterocycles. The molecule has 0 atom stereocenters. The van der Waals surface area contributed by atoms with Crippen molar-refractivity contribution in [2.75, 3.05) is 0 Å². The van der Waals surface area contributed by atoms with Gasteiger partial charge >= 0.3 is 0 Å². The van der Waals surface area contributed by atoms with Crippen LogP contribution in [0.5, 0.6) is 11.5 Å². The lowest BCUT2D eigenvalue weighted by Crippen LogP contribution is -1.95. The number of rotatable bonds is 3. The topological polar surface area (TPSA) is 9.23 Å². The molecule has 0 aliphatic heterocycles. The van der Waals surface area contributed by atoms with E-state index in [-0.39, 0.29) is 22.2 Å². The Labute approximate surface area is 117 Å². The lowest BCUT2D eigenvalue weighted by Gasteiger charge is -2.10. The highest BCUT2D eigenvalue weighted by Crippen LogP contribution is 2.33. The third kappa shape index (κ3) is 3.14. The summed E-state index contributed by atoms with van der Waals surface area (Å²) in [6.07, 6.45) is 0. The molecule has 2 rings (SSSR count). The molecule has 1 nitrogen and oxygen atoms in total. The van der Waals surface area contributed by atoms with Crippen molar-refractivity contribution in [2.24, 2.45) is 0 Å². The van der Waals surface area contributed by atoms with Crippen molar-refractivity contribution < 1.29 is 17.9 Å². The normalized spacial score (nSPS) is 10.6. The Balaban J connectivity index is 2.38. The van der Waals surface area contributed by atoms with E-state index in [2.05, 4.69) is 0 Å². The molecule has 0 saturated heterocycles. The number of halogens is 5. The van der Waals surface area contributed by atoms with Crippen LogP contribution >= 0.6 is 23.2 Å². The third-order valence-electron chi connectivity index (χ3n) is 2.32. The molecule has 0 aliphatic carbocycles. The van der Waals surface area contributed by atoms with Crippen LogP contribution in [0.15, 0.2) is 30.3 Å². The molecular weight excluding hydrogens is 300 g/mol. The first-order valence-corrected chi connectivity index (χ1v) is 6.09. The predicted octanol–water partition coefficient (Wildman–Crippen LogP) is 5.29. The molecule has 0 N–H and O–H groups in total. The number of hydrogen-bond donors (Lipinski definition) is 0. The molecule has 0 aliphatic rings. The summed E-state index contributed by atoms with van der Waals surface area (Å²) in [5.74, 6) is -3.06. The van der Waals surface area contributed by atoms with Crippen LogP contribution in [0.2, 0.25) is 5.02 Å². The standard InChI is InChI=1S/C13H7Cl2F3O/c14-6-7-3-10(17)13(11(18)4-7)19-12-2-1-8(16)5-9(12)15/h1-5H,6H2. The van der Waals surface area contributed by atoms with Crippen LogP contribution in [0.4, 0.5) is 13.2 Å². The highest BCUT2D eigenvalue weighted by molar-refractivity contribution is 6.32. The molecule has 0 radical (unpaired) electrons. The lowest BCUT2D eigenvalue weighted by molar-refractivity contribution is 0.406. The number of hydrogen-bond acceptors (Lipinski definition) is 1. The van der Waals surface area contributed by atoms with Gasteiger partial charge in [-0.1, -0.05) is 11.6 Å². The van der Waals surface area contributed by atoms with E-state index >= 15 is 0 Å². The van der Waals surface area contributed by atoms with E-state index in [4.69, 9.17) is 27.9 Å². The summed E-state index contributed by atoms with van der Waals surface area (Å²) in [5.41, 5.74) is 0.286. The molecule has 0 bridgehead atoms. The van der Waals surface area contributed by atoms with Crippen molar-refractivity contribution in [3.05, 3.63) is 58.4 Å². The van der Waals surface area contributed by atoms with Gasteiger partial charge in [0.15, 0.2) is 17.4 Å². The highest BCUT2D eigenvalue weighted by Gasteiger charge is 2.15. The van der Waals surface area contributed by atoms with Gasteiger partial charge in [-0.25, -0.2) is 13.2 Å². The number of ether oxygens (including phenoxy) is 1. The van der Waals surface area contributed by atoms with Crippen molar-refractivity contribution in [3.63, 3.8) is 0 Å². The fourth-order valence-electron chi connectivity index (χ4n) is 1.45. The molecule has 0 fully saturated rings. The van der Waals surface area contributed by atoms with Gasteiger partial charge < -0.3 is 4.74 Å². The Kier molecular flexibility index (Phi) is 4.22. The summed E-state index contributed by atoms with van der Waals surface area (Å²) >= 11 is 11.2. The Hall–Kier alpha value is -1.39. The lowest BCUT2D eigenvalue weighted by atomic mass is 10.2. The van der Waals surface area contributed by atoms with Gasteiger partial charge in [0.2, 0.25) is 0 Å². The largest absolute Gasteiger partial charge is 0.450 e. The zero-order chi connectivity index (χ0) is 14.0. The summed E-state index contributed by atoms with van der Waals surface area (Å²) in [6.45, 7) is 0. The second-order valence-corrected chi connectivity index (χ2v) is 4.37. The minimum Gasteiger partial charge on any atom is -0.450 e. The predicted molar refractivity (Wildman–Crippen MR) is 67.4 cm³/mol. The average Bonchev–Trinajstić information content (AvgIpc) is 2.35. The van der Waals surface area contributed by atoms with Crippen LogP contribution in [0.1, 0.15) is 5.56 Å². The third-order valence-corrected chi connectivity index (χ3v) is 2.92. The minimum absolute atomic E-state index is 0.0224. The van der Waals surface area contributed by atoms with E-state index in [1.165, 1.54) is 6.07 Å².